The Balaban J connectivity index is 1.47. The van der Waals surface area contributed by atoms with E-state index in [9.17, 15) is 4.79 Å². The highest BCUT2D eigenvalue weighted by Crippen LogP contribution is 2.32. The molecule has 2 aromatic carbocycles. The Labute approximate surface area is 181 Å². The van der Waals surface area contributed by atoms with E-state index < -0.39 is 0 Å². The van der Waals surface area contributed by atoms with Crippen LogP contribution >= 0.6 is 0 Å². The van der Waals surface area contributed by atoms with E-state index in [0.717, 1.165) is 16.8 Å². The predicted molar refractivity (Wildman–Crippen MR) is 116 cm³/mol. The molecule has 1 saturated heterocycles. The summed E-state index contributed by atoms with van der Waals surface area (Å²) < 4.78 is 16.1. The molecule has 0 N–H and O–H groups in total. The molecule has 0 spiro atoms. The van der Waals surface area contributed by atoms with E-state index in [-0.39, 0.29) is 11.8 Å². The van der Waals surface area contributed by atoms with Crippen molar-refractivity contribution < 1.29 is 18.8 Å². The Kier molecular flexibility index (Phi) is 5.79. The predicted octanol–water partition coefficient (Wildman–Crippen LogP) is 3.34. The fourth-order valence-electron chi connectivity index (χ4n) is 3.73. The molecular weight excluding hydrogens is 396 g/mol. The fourth-order valence-corrected chi connectivity index (χ4v) is 3.73. The number of nitrogens with zero attached hydrogens (tertiary/aromatic N) is 4. The largest absolute Gasteiger partial charge is 0.493 e. The van der Waals surface area contributed by atoms with Crippen LogP contribution in [-0.2, 0) is 11.3 Å². The molecule has 8 nitrogen and oxygen atoms in total. The summed E-state index contributed by atoms with van der Waals surface area (Å²) in [7, 11) is 7.16. The molecule has 1 aliphatic heterocycles. The molecule has 0 bridgehead atoms. The number of methoxy groups -OCH3 is 2. The molecule has 162 valence electrons. The lowest BCUT2D eigenvalue weighted by Gasteiger charge is -2.17. The van der Waals surface area contributed by atoms with Crippen molar-refractivity contribution in [1.82, 2.24) is 15.0 Å². The topological polar surface area (TPSA) is 80.9 Å². The zero-order valence-corrected chi connectivity index (χ0v) is 18.2. The molecule has 1 aromatic heterocycles. The van der Waals surface area contributed by atoms with Gasteiger partial charge in [0.2, 0.25) is 5.91 Å². The average Bonchev–Trinajstić information content (AvgIpc) is 3.41. The maximum atomic E-state index is 12.6. The third-order valence-electron chi connectivity index (χ3n) is 5.45. The van der Waals surface area contributed by atoms with Crippen molar-refractivity contribution in [2.45, 2.75) is 18.9 Å². The highest BCUT2D eigenvalue weighted by atomic mass is 16.5. The number of ether oxygens (including phenoxy) is 2. The molecule has 0 radical (unpaired) electrons. The van der Waals surface area contributed by atoms with Crippen LogP contribution < -0.4 is 14.4 Å². The van der Waals surface area contributed by atoms with Gasteiger partial charge in [-0.1, -0.05) is 17.3 Å². The lowest BCUT2D eigenvalue weighted by molar-refractivity contribution is -0.128. The quantitative estimate of drug-likeness (QED) is 0.578. The molecule has 1 fully saturated rings. The third kappa shape index (κ3) is 4.33. The SMILES string of the molecule is COc1ccc(CN2CC(c3noc(-c4cccc(N(C)C)c4)n3)CC2=O)cc1OC. The number of likely N-dealkylation sites (tertiary alicyclic amines) is 1. The number of hydrogen-bond acceptors (Lipinski definition) is 7. The third-order valence-corrected chi connectivity index (χ3v) is 5.45. The number of benzene rings is 2. The standard InChI is InChI=1S/C23H26N4O4/c1-26(2)18-7-5-6-16(11-18)23-24-22(25-31-23)17-12-21(28)27(14-17)13-15-8-9-19(29-3)20(10-15)30-4/h5-11,17H,12-14H2,1-4H3. The monoisotopic (exact) mass is 422 g/mol. The van der Waals surface area contributed by atoms with Crippen LogP contribution in [0.4, 0.5) is 5.69 Å². The first kappa shape index (κ1) is 20.7. The van der Waals surface area contributed by atoms with Crippen molar-refractivity contribution in [3.8, 4) is 23.0 Å². The fraction of sp³-hybridized carbons (Fsp3) is 0.348. The second kappa shape index (κ2) is 8.67. The first-order valence-electron chi connectivity index (χ1n) is 10.1. The summed E-state index contributed by atoms with van der Waals surface area (Å²) in [6.07, 6.45) is 0.365. The van der Waals surface area contributed by atoms with E-state index in [1.807, 2.05) is 66.4 Å². The van der Waals surface area contributed by atoms with E-state index in [1.165, 1.54) is 0 Å². The van der Waals surface area contributed by atoms with Gasteiger partial charge >= 0.3 is 0 Å². The molecule has 0 saturated carbocycles. The zero-order chi connectivity index (χ0) is 22.0. The summed E-state index contributed by atoms with van der Waals surface area (Å²) >= 11 is 0. The van der Waals surface area contributed by atoms with Crippen LogP contribution in [0.1, 0.15) is 23.7 Å². The van der Waals surface area contributed by atoms with E-state index in [4.69, 9.17) is 14.0 Å². The summed E-state index contributed by atoms with van der Waals surface area (Å²) in [5.41, 5.74) is 2.88. The Morgan fingerprint density at radius 2 is 1.94 bits per heavy atom. The minimum atomic E-state index is -0.0952. The summed E-state index contributed by atoms with van der Waals surface area (Å²) in [6, 6.07) is 13.6. The van der Waals surface area contributed by atoms with Gasteiger partial charge in [-0.15, -0.1) is 0 Å². The maximum Gasteiger partial charge on any atom is 0.258 e. The molecule has 1 unspecified atom stereocenters. The van der Waals surface area contributed by atoms with Gasteiger partial charge in [0.1, 0.15) is 0 Å². The number of amides is 1. The molecule has 3 aromatic rings. The van der Waals surface area contributed by atoms with E-state index in [2.05, 4.69) is 10.1 Å². The molecule has 2 heterocycles. The molecule has 1 atom stereocenters. The van der Waals surface area contributed by atoms with Gasteiger partial charge < -0.3 is 23.8 Å². The zero-order valence-electron chi connectivity index (χ0n) is 18.2. The number of aromatic nitrogens is 2. The van der Waals surface area contributed by atoms with Crippen LogP contribution in [0.15, 0.2) is 47.0 Å². The molecule has 1 amide bonds. The van der Waals surface area contributed by atoms with Crippen molar-refractivity contribution in [1.29, 1.82) is 0 Å². The van der Waals surface area contributed by atoms with Crippen LogP contribution in [0.2, 0.25) is 0 Å². The highest BCUT2D eigenvalue weighted by Gasteiger charge is 2.34. The average molecular weight is 422 g/mol. The van der Waals surface area contributed by atoms with E-state index >= 15 is 0 Å². The molecular formula is C23H26N4O4. The van der Waals surface area contributed by atoms with Gasteiger partial charge in [0.25, 0.3) is 5.89 Å². The van der Waals surface area contributed by atoms with Crippen LogP contribution in [0.3, 0.4) is 0 Å². The van der Waals surface area contributed by atoms with Gasteiger partial charge in [-0.25, -0.2) is 0 Å². The highest BCUT2D eigenvalue weighted by molar-refractivity contribution is 5.79. The molecule has 8 heteroatoms. The molecule has 1 aliphatic rings. The van der Waals surface area contributed by atoms with Gasteiger partial charge in [0.05, 0.1) is 14.2 Å². The summed E-state index contributed by atoms with van der Waals surface area (Å²) in [5, 5.41) is 4.16. The van der Waals surface area contributed by atoms with Crippen LogP contribution in [-0.4, -0.2) is 55.8 Å². The van der Waals surface area contributed by atoms with Crippen molar-refractivity contribution in [2.24, 2.45) is 0 Å². The smallest absolute Gasteiger partial charge is 0.258 e. The molecule has 4 rings (SSSR count). The van der Waals surface area contributed by atoms with Crippen LogP contribution in [0, 0.1) is 0 Å². The number of anilines is 1. The summed E-state index contributed by atoms with van der Waals surface area (Å²) in [5.74, 6) is 2.31. The summed E-state index contributed by atoms with van der Waals surface area (Å²) in [4.78, 5) is 21.0. The van der Waals surface area contributed by atoms with Gasteiger partial charge in [-0.05, 0) is 35.9 Å². The first-order valence-corrected chi connectivity index (χ1v) is 10.1. The summed E-state index contributed by atoms with van der Waals surface area (Å²) in [6.45, 7) is 1.04. The van der Waals surface area contributed by atoms with Gasteiger partial charge in [-0.2, -0.15) is 4.98 Å². The van der Waals surface area contributed by atoms with Gasteiger partial charge in [0.15, 0.2) is 17.3 Å². The Morgan fingerprint density at radius 3 is 2.68 bits per heavy atom. The van der Waals surface area contributed by atoms with Crippen molar-refractivity contribution in [3.63, 3.8) is 0 Å². The van der Waals surface area contributed by atoms with Crippen molar-refractivity contribution in [3.05, 3.63) is 53.9 Å². The second-order valence-electron chi connectivity index (χ2n) is 7.77. The van der Waals surface area contributed by atoms with Crippen molar-refractivity contribution in [2.75, 3.05) is 39.8 Å². The van der Waals surface area contributed by atoms with E-state index in [1.54, 1.807) is 14.2 Å². The number of hydrogen-bond donors (Lipinski definition) is 0. The molecule has 0 aliphatic carbocycles. The maximum absolute atomic E-state index is 12.6. The van der Waals surface area contributed by atoms with Gasteiger partial charge in [0, 0.05) is 50.8 Å². The van der Waals surface area contributed by atoms with Crippen molar-refractivity contribution >= 4 is 11.6 Å². The Bertz CT molecular complexity index is 1080. The first-order chi connectivity index (χ1) is 15.0. The minimum Gasteiger partial charge on any atom is -0.493 e. The number of carbonyl (C=O) groups excluding carboxylic acids is 1. The molecule has 31 heavy (non-hydrogen) atoms. The van der Waals surface area contributed by atoms with Crippen LogP contribution in [0.5, 0.6) is 11.5 Å². The number of rotatable bonds is 7. The second-order valence-corrected chi connectivity index (χ2v) is 7.77. The van der Waals surface area contributed by atoms with Crippen LogP contribution in [0.25, 0.3) is 11.5 Å². The normalized spacial score (nSPS) is 15.9. The lowest BCUT2D eigenvalue weighted by atomic mass is 10.1. The Morgan fingerprint density at radius 1 is 1.13 bits per heavy atom. The van der Waals surface area contributed by atoms with E-state index in [0.29, 0.717) is 42.7 Å². The Hall–Kier alpha value is -3.55. The lowest BCUT2D eigenvalue weighted by Crippen LogP contribution is -2.24. The number of carbonyl (C=O) groups is 1. The minimum absolute atomic E-state index is 0.0701. The van der Waals surface area contributed by atoms with Gasteiger partial charge in [-0.3, -0.25) is 4.79 Å².